The van der Waals surface area contributed by atoms with Crippen LogP contribution in [0.2, 0.25) is 0 Å². The highest BCUT2D eigenvalue weighted by molar-refractivity contribution is 9.10. The Hall–Kier alpha value is -2.41. The first-order chi connectivity index (χ1) is 10.9. The maximum Gasteiger partial charge on any atom is 0.326 e. The van der Waals surface area contributed by atoms with Gasteiger partial charge in [0.15, 0.2) is 0 Å². The third-order valence-electron chi connectivity index (χ3n) is 3.50. The summed E-state index contributed by atoms with van der Waals surface area (Å²) >= 11 is 3.36. The van der Waals surface area contributed by atoms with E-state index in [1.807, 2.05) is 19.1 Å². The van der Waals surface area contributed by atoms with Gasteiger partial charge in [0.1, 0.15) is 12.4 Å². The van der Waals surface area contributed by atoms with E-state index < -0.39 is 11.5 Å². The maximum atomic E-state index is 13.2. The molecule has 2 aromatic carbocycles. The average molecular weight is 378 g/mol. The summed E-state index contributed by atoms with van der Waals surface area (Å²) in [6.45, 7) is 1.72. The predicted octanol–water partition coefficient (Wildman–Crippen LogP) is 3.18. The molecule has 118 valence electrons. The molecular formula is C16H13BrFN3O2. The van der Waals surface area contributed by atoms with Crippen LogP contribution in [-0.4, -0.2) is 15.5 Å². The van der Waals surface area contributed by atoms with Gasteiger partial charge in [-0.05, 0) is 48.9 Å². The molecule has 1 amide bonds. The minimum atomic E-state index is -0.451. The van der Waals surface area contributed by atoms with Crippen LogP contribution in [0, 0.1) is 12.7 Å². The minimum Gasteiger partial charge on any atom is -0.324 e. The van der Waals surface area contributed by atoms with Gasteiger partial charge in [0.2, 0.25) is 5.91 Å². The van der Waals surface area contributed by atoms with Gasteiger partial charge in [0, 0.05) is 10.2 Å². The molecule has 5 nitrogen and oxygen atoms in total. The molecule has 0 unspecified atom stereocenters. The molecule has 0 aliphatic heterocycles. The molecule has 3 aromatic rings. The first-order valence-electron chi connectivity index (χ1n) is 6.88. The lowest BCUT2D eigenvalue weighted by atomic mass is 10.2. The number of hydrogen-bond donors (Lipinski definition) is 2. The van der Waals surface area contributed by atoms with Crippen LogP contribution in [-0.2, 0) is 11.3 Å². The molecule has 1 aromatic heterocycles. The fourth-order valence-electron chi connectivity index (χ4n) is 2.39. The van der Waals surface area contributed by atoms with Gasteiger partial charge in [-0.15, -0.1) is 0 Å². The van der Waals surface area contributed by atoms with Crippen LogP contribution in [0.1, 0.15) is 5.56 Å². The van der Waals surface area contributed by atoms with Gasteiger partial charge in [0.25, 0.3) is 0 Å². The third kappa shape index (κ3) is 3.19. The summed E-state index contributed by atoms with van der Waals surface area (Å²) in [4.78, 5) is 26.7. The summed E-state index contributed by atoms with van der Waals surface area (Å²) in [5.74, 6) is -0.774. The van der Waals surface area contributed by atoms with Crippen molar-refractivity contribution in [2.45, 2.75) is 13.5 Å². The summed E-state index contributed by atoms with van der Waals surface area (Å²) in [6.07, 6.45) is 0. The summed E-state index contributed by atoms with van der Waals surface area (Å²) in [5, 5.41) is 2.77. The normalized spacial score (nSPS) is 10.9. The largest absolute Gasteiger partial charge is 0.326 e. The lowest BCUT2D eigenvalue weighted by Gasteiger charge is -2.09. The molecule has 23 heavy (non-hydrogen) atoms. The second-order valence-electron chi connectivity index (χ2n) is 5.19. The molecule has 0 bridgehead atoms. The van der Waals surface area contributed by atoms with E-state index in [2.05, 4.69) is 26.2 Å². The standard InChI is InChI=1S/C16H13BrFN3O2/c1-9-6-10(17)2-4-12(9)19-15(22)8-21-14-5-3-11(18)7-13(14)20-16(21)23/h2-7H,8H2,1H3,(H,19,22)(H,20,23). The topological polar surface area (TPSA) is 66.9 Å². The van der Waals surface area contributed by atoms with Crippen molar-refractivity contribution < 1.29 is 9.18 Å². The van der Waals surface area contributed by atoms with E-state index in [1.54, 1.807) is 6.07 Å². The molecule has 0 fully saturated rings. The highest BCUT2D eigenvalue weighted by atomic mass is 79.9. The monoisotopic (exact) mass is 377 g/mol. The van der Waals surface area contributed by atoms with E-state index in [0.717, 1.165) is 10.0 Å². The number of aromatic nitrogens is 2. The fraction of sp³-hybridized carbons (Fsp3) is 0.125. The molecule has 0 radical (unpaired) electrons. The number of nitrogens with one attached hydrogen (secondary N) is 2. The Labute approximate surface area is 139 Å². The van der Waals surface area contributed by atoms with Crippen molar-refractivity contribution in [1.29, 1.82) is 0 Å². The Morgan fingerprint density at radius 2 is 2.09 bits per heavy atom. The van der Waals surface area contributed by atoms with Crippen molar-refractivity contribution in [2.24, 2.45) is 0 Å². The van der Waals surface area contributed by atoms with Gasteiger partial charge in [-0.1, -0.05) is 15.9 Å². The van der Waals surface area contributed by atoms with E-state index in [-0.39, 0.29) is 12.5 Å². The Morgan fingerprint density at radius 1 is 1.30 bits per heavy atom. The quantitative estimate of drug-likeness (QED) is 0.735. The second-order valence-corrected chi connectivity index (χ2v) is 6.10. The van der Waals surface area contributed by atoms with Crippen LogP contribution in [0.15, 0.2) is 45.7 Å². The molecule has 0 saturated heterocycles. The van der Waals surface area contributed by atoms with E-state index in [9.17, 15) is 14.0 Å². The molecule has 0 saturated carbocycles. The number of nitrogens with zero attached hydrogens (tertiary/aromatic N) is 1. The van der Waals surface area contributed by atoms with Crippen molar-refractivity contribution >= 4 is 38.6 Å². The molecule has 0 atom stereocenters. The maximum absolute atomic E-state index is 13.2. The first-order valence-corrected chi connectivity index (χ1v) is 7.67. The molecule has 0 spiro atoms. The van der Waals surface area contributed by atoms with E-state index in [4.69, 9.17) is 0 Å². The van der Waals surface area contributed by atoms with Crippen molar-refractivity contribution in [3.05, 3.63) is 62.7 Å². The van der Waals surface area contributed by atoms with Gasteiger partial charge in [-0.3, -0.25) is 9.36 Å². The number of rotatable bonds is 3. The average Bonchev–Trinajstić information content (AvgIpc) is 2.77. The Bertz CT molecular complexity index is 962. The van der Waals surface area contributed by atoms with Crippen molar-refractivity contribution in [3.63, 3.8) is 0 Å². The smallest absolute Gasteiger partial charge is 0.324 e. The van der Waals surface area contributed by atoms with Gasteiger partial charge < -0.3 is 10.3 Å². The van der Waals surface area contributed by atoms with E-state index in [0.29, 0.717) is 16.7 Å². The molecule has 7 heteroatoms. The molecular weight excluding hydrogens is 365 g/mol. The highest BCUT2D eigenvalue weighted by Crippen LogP contribution is 2.20. The highest BCUT2D eigenvalue weighted by Gasteiger charge is 2.12. The second kappa shape index (κ2) is 6.00. The molecule has 0 aliphatic rings. The van der Waals surface area contributed by atoms with Gasteiger partial charge in [-0.2, -0.15) is 0 Å². The van der Waals surface area contributed by atoms with Crippen LogP contribution < -0.4 is 11.0 Å². The molecule has 2 N–H and O–H groups in total. The number of imidazole rings is 1. The number of H-pyrrole nitrogens is 1. The summed E-state index contributed by atoms with van der Waals surface area (Å²) in [5.41, 5.74) is 1.98. The summed E-state index contributed by atoms with van der Waals surface area (Å²) in [6, 6.07) is 9.44. The van der Waals surface area contributed by atoms with Gasteiger partial charge >= 0.3 is 5.69 Å². The number of hydrogen-bond acceptors (Lipinski definition) is 2. The zero-order chi connectivity index (χ0) is 16.6. The summed E-state index contributed by atoms with van der Waals surface area (Å²) in [7, 11) is 0. The lowest BCUT2D eigenvalue weighted by molar-refractivity contribution is -0.116. The lowest BCUT2D eigenvalue weighted by Crippen LogP contribution is -2.26. The van der Waals surface area contributed by atoms with Crippen LogP contribution in [0.3, 0.4) is 0 Å². The number of carbonyl (C=O) groups is 1. The van der Waals surface area contributed by atoms with Gasteiger partial charge in [-0.25, -0.2) is 9.18 Å². The molecule has 3 rings (SSSR count). The number of aromatic amines is 1. The van der Waals surface area contributed by atoms with Crippen LogP contribution >= 0.6 is 15.9 Å². The van der Waals surface area contributed by atoms with Crippen LogP contribution in [0.25, 0.3) is 11.0 Å². The molecule has 1 heterocycles. The van der Waals surface area contributed by atoms with Crippen LogP contribution in [0.5, 0.6) is 0 Å². The fourth-order valence-corrected chi connectivity index (χ4v) is 2.87. The number of fused-ring (bicyclic) bond motifs is 1. The van der Waals surface area contributed by atoms with Crippen molar-refractivity contribution in [1.82, 2.24) is 9.55 Å². The first kappa shape index (κ1) is 15.5. The number of amides is 1. The van der Waals surface area contributed by atoms with Crippen molar-refractivity contribution in [2.75, 3.05) is 5.32 Å². The van der Waals surface area contributed by atoms with Crippen LogP contribution in [0.4, 0.5) is 10.1 Å². The van der Waals surface area contributed by atoms with E-state index in [1.165, 1.54) is 22.8 Å². The number of aryl methyl sites for hydroxylation is 1. The number of carbonyl (C=O) groups excluding carboxylic acids is 1. The zero-order valence-corrected chi connectivity index (χ0v) is 13.8. The number of anilines is 1. The Balaban J connectivity index is 1.86. The SMILES string of the molecule is Cc1cc(Br)ccc1NC(=O)Cn1c(=O)[nH]c2cc(F)ccc21. The van der Waals surface area contributed by atoms with Crippen molar-refractivity contribution in [3.8, 4) is 0 Å². The third-order valence-corrected chi connectivity index (χ3v) is 3.99. The van der Waals surface area contributed by atoms with Gasteiger partial charge in [0.05, 0.1) is 11.0 Å². The summed E-state index contributed by atoms with van der Waals surface area (Å²) < 4.78 is 15.4. The Morgan fingerprint density at radius 3 is 2.83 bits per heavy atom. The minimum absolute atomic E-state index is 0.153. The molecule has 0 aliphatic carbocycles. The predicted molar refractivity (Wildman–Crippen MR) is 90.0 cm³/mol. The van der Waals surface area contributed by atoms with E-state index >= 15 is 0 Å². The number of halogens is 2. The zero-order valence-electron chi connectivity index (χ0n) is 12.2. The Kier molecular flexibility index (Phi) is 4.04. The number of benzene rings is 2.